The van der Waals surface area contributed by atoms with Crippen LogP contribution in [0.25, 0.3) is 6.08 Å². The van der Waals surface area contributed by atoms with Gasteiger partial charge in [0.05, 0.1) is 17.7 Å². The molecule has 0 unspecified atom stereocenters. The third kappa shape index (κ3) is 4.86. The van der Waals surface area contributed by atoms with Crippen LogP contribution in [0.3, 0.4) is 0 Å². The lowest BCUT2D eigenvalue weighted by molar-refractivity contribution is -0.150. The average Bonchev–Trinajstić information content (AvgIpc) is 2.73. The Balaban J connectivity index is 1.54. The zero-order chi connectivity index (χ0) is 19.9. The van der Waals surface area contributed by atoms with Gasteiger partial charge in [0.25, 0.3) is 5.91 Å². The molecule has 0 spiro atoms. The summed E-state index contributed by atoms with van der Waals surface area (Å²) in [6.07, 6.45) is 4.90. The number of hydrogen-bond donors (Lipinski definition) is 1. The summed E-state index contributed by atoms with van der Waals surface area (Å²) in [6, 6.07) is 16.9. The minimum atomic E-state index is -0.882. The number of nitriles is 1. The number of rotatable bonds is 5. The maximum absolute atomic E-state index is 12.5. The van der Waals surface area contributed by atoms with Crippen LogP contribution in [0.2, 0.25) is 0 Å². The third-order valence-electron chi connectivity index (χ3n) is 4.80. The van der Waals surface area contributed by atoms with Gasteiger partial charge in [0.1, 0.15) is 0 Å². The topological polar surface area (TPSA) is 79.2 Å². The molecule has 2 atom stereocenters. The average molecular weight is 374 g/mol. The largest absolute Gasteiger partial charge is 0.449 e. The number of carbonyl (C=O) groups is 2. The molecule has 0 radical (unpaired) electrons. The number of ether oxygens (including phenoxy) is 1. The van der Waals surface area contributed by atoms with Gasteiger partial charge >= 0.3 is 5.97 Å². The maximum Gasteiger partial charge on any atom is 0.331 e. The molecular formula is C23H22N2O3. The number of benzene rings is 2. The van der Waals surface area contributed by atoms with Crippen LogP contribution < -0.4 is 5.32 Å². The Hall–Kier alpha value is -3.39. The minimum Gasteiger partial charge on any atom is -0.449 e. The van der Waals surface area contributed by atoms with E-state index in [2.05, 4.69) is 11.4 Å². The van der Waals surface area contributed by atoms with Crippen molar-refractivity contribution in [3.8, 4) is 6.07 Å². The number of fused-ring (bicyclic) bond motifs is 1. The van der Waals surface area contributed by atoms with Crippen LogP contribution >= 0.6 is 0 Å². The molecule has 0 saturated carbocycles. The highest BCUT2D eigenvalue weighted by molar-refractivity contribution is 5.90. The Morgan fingerprint density at radius 3 is 2.71 bits per heavy atom. The van der Waals surface area contributed by atoms with E-state index in [1.54, 1.807) is 37.3 Å². The molecule has 1 aliphatic carbocycles. The summed E-state index contributed by atoms with van der Waals surface area (Å²) >= 11 is 0. The van der Waals surface area contributed by atoms with Gasteiger partial charge in [-0.25, -0.2) is 4.79 Å². The fourth-order valence-electron chi connectivity index (χ4n) is 3.29. The second-order valence-corrected chi connectivity index (χ2v) is 6.80. The summed E-state index contributed by atoms with van der Waals surface area (Å²) in [5.74, 6) is -0.891. The predicted molar refractivity (Wildman–Crippen MR) is 106 cm³/mol. The Morgan fingerprint density at radius 2 is 1.96 bits per heavy atom. The van der Waals surface area contributed by atoms with Crippen LogP contribution in [0.5, 0.6) is 0 Å². The second-order valence-electron chi connectivity index (χ2n) is 6.80. The zero-order valence-corrected chi connectivity index (χ0v) is 15.7. The Kier molecular flexibility index (Phi) is 6.23. The Bertz CT molecular complexity index is 926. The van der Waals surface area contributed by atoms with Gasteiger partial charge in [-0.2, -0.15) is 5.26 Å². The van der Waals surface area contributed by atoms with Gasteiger partial charge in [0.2, 0.25) is 0 Å². The quantitative estimate of drug-likeness (QED) is 0.639. The number of hydrogen-bond acceptors (Lipinski definition) is 4. The van der Waals surface area contributed by atoms with E-state index < -0.39 is 12.1 Å². The molecule has 2 aromatic rings. The van der Waals surface area contributed by atoms with Crippen molar-refractivity contribution in [1.29, 1.82) is 5.26 Å². The molecule has 5 nitrogen and oxygen atoms in total. The van der Waals surface area contributed by atoms with E-state index in [-0.39, 0.29) is 11.9 Å². The van der Waals surface area contributed by atoms with Crippen LogP contribution in [-0.2, 0) is 20.7 Å². The SMILES string of the molecule is C[C@@H](OC(=O)/C=C/c1ccc(C#N)cc1)C(=O)N[C@H]1CCCc2ccccc21. The van der Waals surface area contributed by atoms with Gasteiger partial charge in [0.15, 0.2) is 6.10 Å². The van der Waals surface area contributed by atoms with Crippen molar-refractivity contribution in [2.45, 2.75) is 38.3 Å². The second kappa shape index (κ2) is 9.01. The molecule has 1 N–H and O–H groups in total. The first-order valence-electron chi connectivity index (χ1n) is 9.34. The molecule has 28 heavy (non-hydrogen) atoms. The Morgan fingerprint density at radius 1 is 1.21 bits per heavy atom. The molecule has 5 heteroatoms. The lowest BCUT2D eigenvalue weighted by Crippen LogP contribution is -2.39. The van der Waals surface area contributed by atoms with Crippen molar-refractivity contribution in [1.82, 2.24) is 5.32 Å². The number of nitrogens with zero attached hydrogens (tertiary/aromatic N) is 1. The van der Waals surface area contributed by atoms with Gasteiger partial charge in [-0.15, -0.1) is 0 Å². The van der Waals surface area contributed by atoms with Gasteiger partial charge < -0.3 is 10.1 Å². The van der Waals surface area contributed by atoms with Crippen molar-refractivity contribution < 1.29 is 14.3 Å². The third-order valence-corrected chi connectivity index (χ3v) is 4.80. The number of amides is 1. The first-order chi connectivity index (χ1) is 13.6. The molecule has 0 heterocycles. The Labute approximate surface area is 164 Å². The van der Waals surface area contributed by atoms with Crippen LogP contribution in [-0.4, -0.2) is 18.0 Å². The number of aryl methyl sites for hydroxylation is 1. The zero-order valence-electron chi connectivity index (χ0n) is 15.7. The van der Waals surface area contributed by atoms with Gasteiger partial charge in [-0.3, -0.25) is 4.79 Å². The fraction of sp³-hybridized carbons (Fsp3) is 0.261. The fourth-order valence-corrected chi connectivity index (χ4v) is 3.29. The molecule has 142 valence electrons. The van der Waals surface area contributed by atoms with E-state index in [1.165, 1.54) is 11.6 Å². The highest BCUT2D eigenvalue weighted by atomic mass is 16.5. The van der Waals surface area contributed by atoms with Crippen LogP contribution in [0, 0.1) is 11.3 Å². The van der Waals surface area contributed by atoms with E-state index in [1.807, 2.05) is 24.3 Å². The van der Waals surface area contributed by atoms with Gasteiger partial charge in [0, 0.05) is 6.08 Å². The maximum atomic E-state index is 12.5. The van der Waals surface area contributed by atoms with E-state index in [9.17, 15) is 9.59 Å². The smallest absolute Gasteiger partial charge is 0.331 e. The minimum absolute atomic E-state index is 0.0483. The predicted octanol–water partition coefficient (Wildman–Crippen LogP) is 3.70. The highest BCUT2D eigenvalue weighted by Crippen LogP contribution is 2.29. The first kappa shape index (κ1) is 19.4. The molecule has 3 rings (SSSR count). The van der Waals surface area contributed by atoms with Crippen molar-refractivity contribution in [3.63, 3.8) is 0 Å². The first-order valence-corrected chi connectivity index (χ1v) is 9.34. The van der Waals surface area contributed by atoms with Gasteiger partial charge in [-0.05, 0) is 61.1 Å². The molecule has 1 amide bonds. The summed E-state index contributed by atoms with van der Waals surface area (Å²) < 4.78 is 5.22. The molecule has 0 aromatic heterocycles. The van der Waals surface area contributed by atoms with Crippen molar-refractivity contribution in [3.05, 3.63) is 76.9 Å². The number of nitrogens with one attached hydrogen (secondary N) is 1. The highest BCUT2D eigenvalue weighted by Gasteiger charge is 2.24. The number of carbonyl (C=O) groups excluding carboxylic acids is 2. The van der Waals surface area contributed by atoms with E-state index in [4.69, 9.17) is 10.00 Å². The number of esters is 1. The summed E-state index contributed by atoms with van der Waals surface area (Å²) in [7, 11) is 0. The lowest BCUT2D eigenvalue weighted by Gasteiger charge is -2.27. The van der Waals surface area contributed by atoms with Crippen LogP contribution in [0.1, 0.15) is 48.1 Å². The van der Waals surface area contributed by atoms with E-state index >= 15 is 0 Å². The van der Waals surface area contributed by atoms with Crippen LogP contribution in [0.15, 0.2) is 54.6 Å². The molecule has 0 bridgehead atoms. The van der Waals surface area contributed by atoms with E-state index in [0.29, 0.717) is 5.56 Å². The van der Waals surface area contributed by atoms with E-state index in [0.717, 1.165) is 30.4 Å². The molecule has 0 fully saturated rings. The molecule has 0 aliphatic heterocycles. The molecule has 2 aromatic carbocycles. The van der Waals surface area contributed by atoms with Gasteiger partial charge in [-0.1, -0.05) is 36.4 Å². The van der Waals surface area contributed by atoms with Crippen LogP contribution in [0.4, 0.5) is 0 Å². The summed E-state index contributed by atoms with van der Waals surface area (Å²) in [6.45, 7) is 1.57. The molecular weight excluding hydrogens is 352 g/mol. The van der Waals surface area contributed by atoms with Crippen molar-refractivity contribution in [2.75, 3.05) is 0 Å². The van der Waals surface area contributed by atoms with Crippen molar-refractivity contribution >= 4 is 18.0 Å². The van der Waals surface area contributed by atoms with Crippen molar-refractivity contribution in [2.24, 2.45) is 0 Å². The summed E-state index contributed by atoms with van der Waals surface area (Å²) in [5, 5.41) is 11.8. The lowest BCUT2D eigenvalue weighted by atomic mass is 9.87. The standard InChI is InChI=1S/C23H22N2O3/c1-16(28-22(26)14-13-17-9-11-18(15-24)12-10-17)23(27)25-21-8-4-6-19-5-2-3-7-20(19)21/h2-3,5,7,9-14,16,21H,4,6,8H2,1H3,(H,25,27)/b14-13+/t16-,21+/m1/s1. The molecule has 1 aliphatic rings. The summed E-state index contributed by atoms with van der Waals surface area (Å²) in [4.78, 5) is 24.5. The summed E-state index contributed by atoms with van der Waals surface area (Å²) in [5.41, 5.74) is 3.72. The normalized spacial score (nSPS) is 16.6. The molecule has 0 saturated heterocycles. The monoisotopic (exact) mass is 374 g/mol.